The largest absolute Gasteiger partial charge is 0.251 e. The molecule has 2 aromatic carbocycles. The van der Waals surface area contributed by atoms with Crippen LogP contribution in [0.1, 0.15) is 12.5 Å². The van der Waals surface area contributed by atoms with E-state index in [1.165, 1.54) is 0 Å². The molecule has 0 saturated heterocycles. The van der Waals surface area contributed by atoms with Crippen molar-refractivity contribution in [2.75, 3.05) is 6.26 Å². The summed E-state index contributed by atoms with van der Waals surface area (Å²) < 4.78 is 1.72. The van der Waals surface area contributed by atoms with Gasteiger partial charge in [0.15, 0.2) is 0 Å². The zero-order valence-electron chi connectivity index (χ0n) is 12.0. The lowest BCUT2D eigenvalue weighted by molar-refractivity contribution is 0.734. The molecule has 5 heteroatoms. The van der Waals surface area contributed by atoms with Crippen LogP contribution in [0.4, 0.5) is 0 Å². The van der Waals surface area contributed by atoms with Gasteiger partial charge in [-0.05, 0) is 30.9 Å². The molecule has 0 bridgehead atoms. The minimum atomic E-state index is -0.339. The summed E-state index contributed by atoms with van der Waals surface area (Å²) in [6.07, 6.45) is 3.81. The van der Waals surface area contributed by atoms with Gasteiger partial charge in [0.1, 0.15) is 16.7 Å². The van der Waals surface area contributed by atoms with Gasteiger partial charge in [-0.1, -0.05) is 47.7 Å². The molecular formula is C16H16N4S. The number of hydrogen-bond donors (Lipinski definition) is 0. The molecule has 0 radical (unpaired) electrons. The maximum Gasteiger partial charge on any atom is 0.130 e. The number of nitrogens with zero attached hydrogens (tertiary/aromatic N) is 4. The number of hydrogen-bond acceptors (Lipinski definition) is 4. The topological polar surface area (TPSA) is 43.1 Å². The van der Waals surface area contributed by atoms with E-state index in [1.807, 2.05) is 42.5 Å². The summed E-state index contributed by atoms with van der Waals surface area (Å²) in [4.78, 5) is 4.40. The molecule has 0 N–H and O–H groups in total. The van der Waals surface area contributed by atoms with Crippen molar-refractivity contribution in [3.8, 4) is 0 Å². The Hall–Kier alpha value is -2.14. The van der Waals surface area contributed by atoms with Crippen LogP contribution in [0.25, 0.3) is 11.0 Å². The number of benzene rings is 2. The molecule has 1 aromatic heterocycles. The van der Waals surface area contributed by atoms with Crippen molar-refractivity contribution in [2.24, 2.45) is 4.99 Å². The standard InChI is InChI=1S/C16H16N4S/c1-16(21-2,13-8-4-3-5-9-13)17-12-20-15-11-7-6-10-14(15)18-19-20/h3-12H,1-2H3. The van der Waals surface area contributed by atoms with Gasteiger partial charge in [0, 0.05) is 0 Å². The first-order chi connectivity index (χ1) is 10.2. The summed E-state index contributed by atoms with van der Waals surface area (Å²) in [6, 6.07) is 18.1. The fourth-order valence-electron chi connectivity index (χ4n) is 2.13. The molecule has 106 valence electrons. The Kier molecular flexibility index (Phi) is 3.75. The van der Waals surface area contributed by atoms with Crippen molar-refractivity contribution in [1.29, 1.82) is 0 Å². The minimum absolute atomic E-state index is 0.339. The summed E-state index contributed by atoms with van der Waals surface area (Å²) in [5.74, 6) is 0. The van der Waals surface area contributed by atoms with Crippen LogP contribution in [-0.2, 0) is 4.87 Å². The van der Waals surface area contributed by atoms with Crippen LogP contribution in [0, 0.1) is 0 Å². The highest BCUT2D eigenvalue weighted by Gasteiger charge is 2.23. The Morgan fingerprint density at radius 1 is 1.10 bits per heavy atom. The van der Waals surface area contributed by atoms with E-state index in [0.717, 1.165) is 16.6 Å². The van der Waals surface area contributed by atoms with Crippen LogP contribution in [0.5, 0.6) is 0 Å². The van der Waals surface area contributed by atoms with Crippen molar-refractivity contribution in [1.82, 2.24) is 15.0 Å². The number of aliphatic imine (C=N–C) groups is 1. The average Bonchev–Trinajstić information content (AvgIpc) is 2.97. The van der Waals surface area contributed by atoms with E-state index in [4.69, 9.17) is 4.99 Å². The number of thioether (sulfide) groups is 1. The van der Waals surface area contributed by atoms with Gasteiger partial charge in [-0.25, -0.2) is 4.68 Å². The molecule has 4 nitrogen and oxygen atoms in total. The zero-order valence-corrected chi connectivity index (χ0v) is 12.8. The summed E-state index contributed by atoms with van der Waals surface area (Å²) in [6.45, 7) is 2.10. The van der Waals surface area contributed by atoms with Crippen LogP contribution < -0.4 is 0 Å². The van der Waals surface area contributed by atoms with Crippen LogP contribution in [0.3, 0.4) is 0 Å². The third kappa shape index (κ3) is 2.69. The van der Waals surface area contributed by atoms with Crippen LogP contribution in [0.15, 0.2) is 59.6 Å². The van der Waals surface area contributed by atoms with E-state index in [1.54, 1.807) is 22.8 Å². The van der Waals surface area contributed by atoms with Crippen LogP contribution in [0.2, 0.25) is 0 Å². The second-order valence-electron chi connectivity index (χ2n) is 4.82. The van der Waals surface area contributed by atoms with E-state index >= 15 is 0 Å². The van der Waals surface area contributed by atoms with Gasteiger partial charge in [0.05, 0.1) is 5.52 Å². The molecule has 0 aliphatic heterocycles. The smallest absolute Gasteiger partial charge is 0.130 e. The molecule has 1 unspecified atom stereocenters. The van der Waals surface area contributed by atoms with Crippen molar-refractivity contribution >= 4 is 29.1 Å². The van der Waals surface area contributed by atoms with E-state index in [2.05, 4.69) is 35.6 Å². The third-order valence-corrected chi connectivity index (χ3v) is 4.63. The lowest BCUT2D eigenvalue weighted by atomic mass is 10.1. The normalized spacial score (nSPS) is 14.6. The number of aromatic nitrogens is 3. The van der Waals surface area contributed by atoms with Gasteiger partial charge in [0.25, 0.3) is 0 Å². The van der Waals surface area contributed by atoms with Crippen LogP contribution in [-0.4, -0.2) is 27.6 Å². The third-order valence-electron chi connectivity index (χ3n) is 3.50. The Labute approximate surface area is 127 Å². The van der Waals surface area contributed by atoms with E-state index in [-0.39, 0.29) is 4.87 Å². The lowest BCUT2D eigenvalue weighted by Crippen LogP contribution is -2.15. The second-order valence-corrected chi connectivity index (χ2v) is 6.02. The fraction of sp³-hybridized carbons (Fsp3) is 0.188. The van der Waals surface area contributed by atoms with Gasteiger partial charge >= 0.3 is 0 Å². The quantitative estimate of drug-likeness (QED) is 0.546. The number of fused-ring (bicyclic) bond motifs is 1. The first-order valence-corrected chi connectivity index (χ1v) is 7.91. The minimum Gasteiger partial charge on any atom is -0.251 e. The van der Waals surface area contributed by atoms with Gasteiger partial charge in [-0.15, -0.1) is 16.9 Å². The van der Waals surface area contributed by atoms with Crippen molar-refractivity contribution < 1.29 is 0 Å². The molecule has 1 atom stereocenters. The predicted molar refractivity (Wildman–Crippen MR) is 88.7 cm³/mol. The second kappa shape index (κ2) is 5.69. The maximum atomic E-state index is 4.74. The lowest BCUT2D eigenvalue weighted by Gasteiger charge is -2.23. The van der Waals surface area contributed by atoms with E-state index < -0.39 is 0 Å². The number of rotatable bonds is 4. The first-order valence-electron chi connectivity index (χ1n) is 6.69. The molecule has 3 aromatic rings. The molecule has 0 amide bonds. The summed E-state index contributed by atoms with van der Waals surface area (Å²) in [5.41, 5.74) is 2.99. The van der Waals surface area contributed by atoms with Gasteiger partial charge < -0.3 is 0 Å². The maximum absolute atomic E-state index is 4.74. The van der Waals surface area contributed by atoms with E-state index in [9.17, 15) is 0 Å². The highest BCUT2D eigenvalue weighted by Crippen LogP contribution is 2.35. The number of para-hydroxylation sites is 1. The molecule has 1 heterocycles. The van der Waals surface area contributed by atoms with Gasteiger partial charge in [0.2, 0.25) is 0 Å². The SMILES string of the molecule is CSC(C)(N=Cn1nnc2ccccc21)c1ccccc1. The Morgan fingerprint density at radius 3 is 2.57 bits per heavy atom. The summed E-state index contributed by atoms with van der Waals surface area (Å²) >= 11 is 1.69. The molecule has 0 aliphatic carbocycles. The van der Waals surface area contributed by atoms with Crippen molar-refractivity contribution in [3.05, 3.63) is 60.2 Å². The molecule has 0 aliphatic rings. The summed E-state index contributed by atoms with van der Waals surface area (Å²) in [7, 11) is 0. The van der Waals surface area contributed by atoms with E-state index in [0.29, 0.717) is 0 Å². The predicted octanol–water partition coefficient (Wildman–Crippen LogP) is 3.54. The van der Waals surface area contributed by atoms with Crippen molar-refractivity contribution in [2.45, 2.75) is 11.8 Å². The summed E-state index contributed by atoms with van der Waals surface area (Å²) in [5, 5.41) is 8.27. The monoisotopic (exact) mass is 296 g/mol. The highest BCUT2D eigenvalue weighted by molar-refractivity contribution is 7.99. The Morgan fingerprint density at radius 2 is 1.81 bits per heavy atom. The first kappa shape index (κ1) is 13.8. The van der Waals surface area contributed by atoms with Gasteiger partial charge in [-0.2, -0.15) is 0 Å². The molecular weight excluding hydrogens is 280 g/mol. The Balaban J connectivity index is 1.97. The molecule has 21 heavy (non-hydrogen) atoms. The zero-order chi connectivity index (χ0) is 14.7. The molecule has 0 fully saturated rings. The Bertz CT molecular complexity index is 766. The van der Waals surface area contributed by atoms with Crippen molar-refractivity contribution in [3.63, 3.8) is 0 Å². The average molecular weight is 296 g/mol. The molecule has 0 spiro atoms. The van der Waals surface area contributed by atoms with Gasteiger partial charge in [-0.3, -0.25) is 4.99 Å². The fourth-order valence-corrected chi connectivity index (χ4v) is 2.65. The highest BCUT2D eigenvalue weighted by atomic mass is 32.2. The molecule has 3 rings (SSSR count). The molecule has 0 saturated carbocycles. The van der Waals surface area contributed by atoms with Crippen LogP contribution >= 0.6 is 11.8 Å².